The summed E-state index contributed by atoms with van der Waals surface area (Å²) in [7, 11) is -3.52. The van der Waals surface area contributed by atoms with Crippen LogP contribution in [0.5, 0.6) is 0 Å². The second kappa shape index (κ2) is 8.10. The van der Waals surface area contributed by atoms with E-state index in [0.29, 0.717) is 30.3 Å². The first kappa shape index (κ1) is 19.2. The molecule has 0 spiro atoms. The molecule has 148 valence electrons. The molecule has 0 unspecified atom stereocenters. The molecule has 1 aromatic carbocycles. The molecule has 0 N–H and O–H groups in total. The lowest BCUT2D eigenvalue weighted by atomic mass is 10.2. The van der Waals surface area contributed by atoms with Gasteiger partial charge in [-0.05, 0) is 61.4 Å². The van der Waals surface area contributed by atoms with E-state index in [4.69, 9.17) is 0 Å². The van der Waals surface area contributed by atoms with Crippen molar-refractivity contribution in [3.8, 4) is 0 Å². The van der Waals surface area contributed by atoms with Gasteiger partial charge < -0.3 is 0 Å². The Balaban J connectivity index is 1.66. The van der Waals surface area contributed by atoms with Crippen LogP contribution in [0.15, 0.2) is 78.0 Å². The van der Waals surface area contributed by atoms with Crippen molar-refractivity contribution in [3.63, 3.8) is 0 Å². The molecule has 2 aromatic heterocycles. The summed E-state index contributed by atoms with van der Waals surface area (Å²) in [6, 6.07) is 16.6. The number of amides is 1. The minimum absolute atomic E-state index is 0.193. The monoisotopic (exact) mass is 408 g/mol. The van der Waals surface area contributed by atoms with Crippen LogP contribution in [-0.2, 0) is 10.0 Å². The zero-order valence-corrected chi connectivity index (χ0v) is 16.5. The number of benzene rings is 1. The minimum atomic E-state index is -3.52. The third-order valence-corrected chi connectivity index (χ3v) is 6.68. The van der Waals surface area contributed by atoms with Crippen molar-refractivity contribution in [2.24, 2.45) is 0 Å². The van der Waals surface area contributed by atoms with Gasteiger partial charge in [-0.1, -0.05) is 12.1 Å². The lowest BCUT2D eigenvalue weighted by Gasteiger charge is -2.21. The van der Waals surface area contributed by atoms with E-state index in [2.05, 4.69) is 9.97 Å². The molecule has 0 aliphatic carbocycles. The van der Waals surface area contributed by atoms with Crippen molar-refractivity contribution in [2.75, 3.05) is 18.0 Å². The highest BCUT2D eigenvalue weighted by Gasteiger charge is 2.28. The smallest absolute Gasteiger partial charge is 0.265 e. The van der Waals surface area contributed by atoms with Crippen LogP contribution in [-0.4, -0.2) is 41.7 Å². The van der Waals surface area contributed by atoms with Gasteiger partial charge in [0.25, 0.3) is 5.91 Å². The maximum absolute atomic E-state index is 13.2. The van der Waals surface area contributed by atoms with Crippen LogP contribution in [0.1, 0.15) is 23.2 Å². The fourth-order valence-electron chi connectivity index (χ4n) is 3.27. The number of pyridine rings is 2. The first-order chi connectivity index (χ1) is 14.1. The van der Waals surface area contributed by atoms with Gasteiger partial charge in [0.05, 0.1) is 4.90 Å². The molecule has 0 radical (unpaired) electrons. The van der Waals surface area contributed by atoms with Crippen molar-refractivity contribution in [3.05, 3.63) is 78.6 Å². The number of carbonyl (C=O) groups is 1. The first-order valence-corrected chi connectivity index (χ1v) is 10.8. The summed E-state index contributed by atoms with van der Waals surface area (Å²) in [4.78, 5) is 23.4. The fraction of sp³-hybridized carbons (Fsp3) is 0.190. The average Bonchev–Trinajstić information content (AvgIpc) is 3.31. The zero-order valence-electron chi connectivity index (χ0n) is 15.7. The van der Waals surface area contributed by atoms with Gasteiger partial charge in [0.15, 0.2) is 0 Å². The summed E-state index contributed by atoms with van der Waals surface area (Å²) in [5.41, 5.74) is 0.349. The van der Waals surface area contributed by atoms with Crippen molar-refractivity contribution in [2.45, 2.75) is 17.7 Å². The topological polar surface area (TPSA) is 83.5 Å². The Morgan fingerprint density at radius 3 is 1.86 bits per heavy atom. The summed E-state index contributed by atoms with van der Waals surface area (Å²) in [5, 5.41) is 0. The van der Waals surface area contributed by atoms with Gasteiger partial charge in [-0.2, -0.15) is 4.31 Å². The third-order valence-electron chi connectivity index (χ3n) is 4.76. The van der Waals surface area contributed by atoms with E-state index in [1.165, 1.54) is 33.5 Å². The van der Waals surface area contributed by atoms with E-state index in [-0.39, 0.29) is 10.8 Å². The second-order valence-corrected chi connectivity index (χ2v) is 8.59. The normalized spacial score (nSPS) is 14.6. The van der Waals surface area contributed by atoms with Crippen LogP contribution in [0.2, 0.25) is 0 Å². The van der Waals surface area contributed by atoms with Gasteiger partial charge in [-0.3, -0.25) is 4.79 Å². The molecule has 1 aliphatic rings. The highest BCUT2D eigenvalue weighted by atomic mass is 32.2. The number of anilines is 2. The van der Waals surface area contributed by atoms with E-state index in [1.807, 2.05) is 0 Å². The Morgan fingerprint density at radius 1 is 0.828 bits per heavy atom. The predicted molar refractivity (Wildman–Crippen MR) is 109 cm³/mol. The summed E-state index contributed by atoms with van der Waals surface area (Å²) >= 11 is 0. The van der Waals surface area contributed by atoms with E-state index in [1.54, 1.807) is 48.8 Å². The molecule has 8 heteroatoms. The van der Waals surface area contributed by atoms with Gasteiger partial charge in [-0.25, -0.2) is 23.3 Å². The van der Waals surface area contributed by atoms with E-state index < -0.39 is 10.0 Å². The van der Waals surface area contributed by atoms with E-state index in [9.17, 15) is 13.2 Å². The molecule has 1 aliphatic heterocycles. The Bertz CT molecular complexity index is 1040. The van der Waals surface area contributed by atoms with Gasteiger partial charge in [0, 0.05) is 31.0 Å². The molecule has 1 amide bonds. The first-order valence-electron chi connectivity index (χ1n) is 9.34. The maximum Gasteiger partial charge on any atom is 0.265 e. The third kappa shape index (κ3) is 3.90. The Morgan fingerprint density at radius 2 is 1.38 bits per heavy atom. The van der Waals surface area contributed by atoms with E-state index >= 15 is 0 Å². The summed E-state index contributed by atoms with van der Waals surface area (Å²) < 4.78 is 26.9. The van der Waals surface area contributed by atoms with Crippen LogP contribution in [0.3, 0.4) is 0 Å². The molecule has 1 fully saturated rings. The summed E-state index contributed by atoms with van der Waals surface area (Å²) in [6.07, 6.45) is 4.95. The fourth-order valence-corrected chi connectivity index (χ4v) is 4.79. The lowest BCUT2D eigenvalue weighted by molar-refractivity contribution is 0.0998. The van der Waals surface area contributed by atoms with Gasteiger partial charge in [-0.15, -0.1) is 0 Å². The number of hydrogen-bond donors (Lipinski definition) is 0. The van der Waals surface area contributed by atoms with Gasteiger partial charge in [0.2, 0.25) is 10.0 Å². The van der Waals surface area contributed by atoms with Crippen molar-refractivity contribution < 1.29 is 13.2 Å². The minimum Gasteiger partial charge on any atom is -0.268 e. The Hall–Kier alpha value is -3.10. The SMILES string of the molecule is O=C(c1ccc(S(=O)(=O)N2CCCC2)cc1)N(c1ccccn1)c1ccccn1. The number of carbonyl (C=O) groups excluding carboxylic acids is 1. The summed E-state index contributed by atoms with van der Waals surface area (Å²) in [5.74, 6) is 0.530. The predicted octanol–water partition coefficient (Wildman–Crippen LogP) is 3.24. The second-order valence-electron chi connectivity index (χ2n) is 6.65. The highest BCUT2D eigenvalue weighted by molar-refractivity contribution is 7.89. The highest BCUT2D eigenvalue weighted by Crippen LogP contribution is 2.25. The van der Waals surface area contributed by atoms with Crippen LogP contribution >= 0.6 is 0 Å². The van der Waals surface area contributed by atoms with Crippen LogP contribution in [0.4, 0.5) is 11.6 Å². The number of rotatable bonds is 5. The number of hydrogen-bond acceptors (Lipinski definition) is 5. The molecular weight excluding hydrogens is 388 g/mol. The standard InChI is InChI=1S/C21H20N4O3S/c26-21(25(19-7-1-3-13-22-19)20-8-2-4-14-23-20)17-9-11-18(12-10-17)29(27,28)24-15-5-6-16-24/h1-4,7-14H,5-6,15-16H2. The van der Waals surface area contributed by atoms with Crippen LogP contribution < -0.4 is 4.90 Å². The van der Waals surface area contributed by atoms with Gasteiger partial charge in [0.1, 0.15) is 11.6 Å². The number of nitrogens with zero attached hydrogens (tertiary/aromatic N) is 4. The van der Waals surface area contributed by atoms with Crippen molar-refractivity contribution in [1.82, 2.24) is 14.3 Å². The largest absolute Gasteiger partial charge is 0.268 e. The van der Waals surface area contributed by atoms with E-state index in [0.717, 1.165) is 12.8 Å². The molecule has 1 saturated heterocycles. The maximum atomic E-state index is 13.2. The van der Waals surface area contributed by atoms with Crippen molar-refractivity contribution in [1.29, 1.82) is 0 Å². The molecule has 4 rings (SSSR count). The zero-order chi connectivity index (χ0) is 20.3. The van der Waals surface area contributed by atoms with Crippen LogP contribution in [0, 0.1) is 0 Å². The average molecular weight is 408 g/mol. The molecule has 29 heavy (non-hydrogen) atoms. The molecule has 3 heterocycles. The van der Waals surface area contributed by atoms with Crippen molar-refractivity contribution >= 4 is 27.6 Å². The van der Waals surface area contributed by atoms with Crippen LogP contribution in [0.25, 0.3) is 0 Å². The Labute approximate surface area is 169 Å². The Kier molecular flexibility index (Phi) is 5.37. The molecule has 3 aromatic rings. The molecule has 0 saturated carbocycles. The summed E-state index contributed by atoms with van der Waals surface area (Å²) in [6.45, 7) is 1.08. The number of aromatic nitrogens is 2. The number of sulfonamides is 1. The molecule has 7 nitrogen and oxygen atoms in total. The molecular formula is C21H20N4O3S. The quantitative estimate of drug-likeness (QED) is 0.647. The molecule has 0 bridgehead atoms. The molecule has 0 atom stereocenters. The van der Waals surface area contributed by atoms with Gasteiger partial charge >= 0.3 is 0 Å². The lowest BCUT2D eigenvalue weighted by Crippen LogP contribution is -2.29.